The van der Waals surface area contributed by atoms with Crippen molar-refractivity contribution >= 4 is 0 Å². The summed E-state index contributed by atoms with van der Waals surface area (Å²) in [6.45, 7) is 8.01. The molecule has 0 spiro atoms. The van der Waals surface area contributed by atoms with Crippen LogP contribution in [0.25, 0.3) is 0 Å². The van der Waals surface area contributed by atoms with Crippen LogP contribution in [-0.2, 0) is 19.5 Å². The zero-order chi connectivity index (χ0) is 24.8. The van der Waals surface area contributed by atoms with E-state index in [0.717, 1.165) is 13.1 Å². The lowest BCUT2D eigenvalue weighted by molar-refractivity contribution is 0.193. The molecule has 0 unspecified atom stereocenters. The van der Waals surface area contributed by atoms with Gasteiger partial charge in [-0.2, -0.15) is 0 Å². The monoisotopic (exact) mass is 488 g/mol. The summed E-state index contributed by atoms with van der Waals surface area (Å²) < 4.78 is 2.24. The second-order valence-electron chi connectivity index (χ2n) is 11.3. The average Bonchev–Trinajstić information content (AvgIpc) is 3.28. The van der Waals surface area contributed by atoms with Crippen LogP contribution in [0.2, 0.25) is 0 Å². The highest BCUT2D eigenvalue weighted by atomic mass is 15.5. The molecular weight excluding hydrogens is 428 g/mol. The van der Waals surface area contributed by atoms with Crippen molar-refractivity contribution in [3.63, 3.8) is 0 Å². The van der Waals surface area contributed by atoms with Crippen molar-refractivity contribution in [3.05, 3.63) is 11.4 Å². The predicted molar refractivity (Wildman–Crippen MR) is 152 cm³/mol. The summed E-state index contributed by atoms with van der Waals surface area (Å²) in [4.78, 5) is 2.68. The predicted octanol–water partition coefficient (Wildman–Crippen LogP) is 9.26. The SMILES string of the molecule is CCCCCCCCCCCCN(CCCCCCCCCCCC)Cn1nnc2c1CCCC2. The molecule has 0 bridgehead atoms. The van der Waals surface area contributed by atoms with Gasteiger partial charge in [0.1, 0.15) is 0 Å². The van der Waals surface area contributed by atoms with Crippen molar-refractivity contribution in [2.45, 2.75) is 175 Å². The molecule has 0 N–H and O–H groups in total. The number of unbranched alkanes of at least 4 members (excludes halogenated alkanes) is 18. The van der Waals surface area contributed by atoms with Gasteiger partial charge in [-0.1, -0.05) is 135 Å². The smallest absolute Gasteiger partial charge is 0.0949 e. The zero-order valence-corrected chi connectivity index (χ0v) is 23.9. The lowest BCUT2D eigenvalue weighted by Crippen LogP contribution is -2.30. The number of rotatable bonds is 24. The Balaban J connectivity index is 1.62. The van der Waals surface area contributed by atoms with E-state index in [1.165, 1.54) is 172 Å². The largest absolute Gasteiger partial charge is 0.284 e. The number of hydrogen-bond acceptors (Lipinski definition) is 3. The minimum absolute atomic E-state index is 0.956. The Kier molecular flexibility index (Phi) is 18.4. The van der Waals surface area contributed by atoms with Crippen molar-refractivity contribution in [2.75, 3.05) is 13.1 Å². The van der Waals surface area contributed by atoms with Crippen molar-refractivity contribution < 1.29 is 0 Å². The first-order valence-corrected chi connectivity index (χ1v) is 16.0. The number of aromatic nitrogens is 3. The highest BCUT2D eigenvalue weighted by Crippen LogP contribution is 2.19. The molecule has 4 nitrogen and oxygen atoms in total. The molecule has 35 heavy (non-hydrogen) atoms. The van der Waals surface area contributed by atoms with Gasteiger partial charge in [0, 0.05) is 0 Å². The average molecular weight is 489 g/mol. The van der Waals surface area contributed by atoms with Crippen molar-refractivity contribution in [1.82, 2.24) is 19.9 Å². The topological polar surface area (TPSA) is 34.0 Å². The molecular formula is C31H60N4. The zero-order valence-electron chi connectivity index (χ0n) is 23.9. The molecule has 0 aliphatic heterocycles. The summed E-state index contributed by atoms with van der Waals surface area (Å²) in [6, 6.07) is 0. The Labute approximate surface area is 219 Å². The van der Waals surface area contributed by atoms with Crippen LogP contribution >= 0.6 is 0 Å². The van der Waals surface area contributed by atoms with E-state index in [4.69, 9.17) is 0 Å². The Morgan fingerprint density at radius 2 is 1.00 bits per heavy atom. The maximum absolute atomic E-state index is 4.56. The van der Waals surface area contributed by atoms with Crippen LogP contribution in [0.1, 0.15) is 166 Å². The summed E-state index contributed by atoms with van der Waals surface area (Å²) in [5.41, 5.74) is 2.70. The standard InChI is InChI=1S/C31H60N4/c1-3-5-7-9-11-13-15-17-19-23-27-34(28-24-20-18-16-14-12-10-8-6-4-2)29-35-31-26-22-21-25-30(31)32-33-35/h3-29H2,1-2H3. The molecule has 0 amide bonds. The van der Waals surface area contributed by atoms with Gasteiger partial charge in [0.25, 0.3) is 0 Å². The lowest BCUT2D eigenvalue weighted by Gasteiger charge is -2.23. The summed E-state index contributed by atoms with van der Waals surface area (Å²) in [6.07, 6.45) is 33.1. The second-order valence-corrected chi connectivity index (χ2v) is 11.3. The van der Waals surface area contributed by atoms with Gasteiger partial charge in [0.2, 0.25) is 0 Å². The molecule has 1 aromatic rings. The quantitative estimate of drug-likeness (QED) is 0.136. The van der Waals surface area contributed by atoms with E-state index >= 15 is 0 Å². The molecule has 0 aromatic carbocycles. The minimum atomic E-state index is 0.956. The van der Waals surface area contributed by atoms with Crippen LogP contribution in [0.5, 0.6) is 0 Å². The van der Waals surface area contributed by atoms with Crippen LogP contribution in [0.3, 0.4) is 0 Å². The molecule has 0 saturated carbocycles. The van der Waals surface area contributed by atoms with Gasteiger partial charge >= 0.3 is 0 Å². The molecule has 0 atom stereocenters. The number of aryl methyl sites for hydroxylation is 1. The van der Waals surface area contributed by atoms with E-state index in [0.29, 0.717) is 0 Å². The van der Waals surface area contributed by atoms with E-state index in [9.17, 15) is 0 Å². The van der Waals surface area contributed by atoms with E-state index in [1.807, 2.05) is 0 Å². The van der Waals surface area contributed by atoms with E-state index < -0.39 is 0 Å². The fourth-order valence-electron chi connectivity index (χ4n) is 5.62. The summed E-state index contributed by atoms with van der Waals surface area (Å²) in [5, 5.41) is 9.07. The van der Waals surface area contributed by atoms with Crippen LogP contribution in [-0.4, -0.2) is 33.0 Å². The van der Waals surface area contributed by atoms with E-state index in [2.05, 4.69) is 33.7 Å². The van der Waals surface area contributed by atoms with Gasteiger partial charge in [-0.3, -0.25) is 4.90 Å². The summed E-state index contributed by atoms with van der Waals surface area (Å²) in [5.74, 6) is 0. The van der Waals surface area contributed by atoms with Crippen LogP contribution in [0.4, 0.5) is 0 Å². The molecule has 0 saturated heterocycles. The molecule has 1 aliphatic rings. The van der Waals surface area contributed by atoms with Crippen molar-refractivity contribution in [1.29, 1.82) is 0 Å². The normalized spacial score (nSPS) is 13.6. The van der Waals surface area contributed by atoms with Crippen LogP contribution < -0.4 is 0 Å². The second kappa shape index (κ2) is 21.2. The van der Waals surface area contributed by atoms with Gasteiger partial charge in [-0.05, 0) is 51.6 Å². The first kappa shape index (κ1) is 30.3. The number of nitrogens with zero attached hydrogens (tertiary/aromatic N) is 4. The summed E-state index contributed by atoms with van der Waals surface area (Å²) in [7, 11) is 0. The molecule has 2 rings (SSSR count). The molecule has 204 valence electrons. The van der Waals surface area contributed by atoms with Gasteiger partial charge in [0.05, 0.1) is 18.1 Å². The van der Waals surface area contributed by atoms with Gasteiger partial charge in [-0.15, -0.1) is 5.10 Å². The third-order valence-corrected chi connectivity index (χ3v) is 7.98. The fraction of sp³-hybridized carbons (Fsp3) is 0.935. The van der Waals surface area contributed by atoms with E-state index in [-0.39, 0.29) is 0 Å². The van der Waals surface area contributed by atoms with Crippen LogP contribution in [0, 0.1) is 0 Å². The first-order valence-electron chi connectivity index (χ1n) is 16.0. The maximum Gasteiger partial charge on any atom is 0.0949 e. The number of hydrogen-bond donors (Lipinski definition) is 0. The Hall–Kier alpha value is -0.900. The molecule has 1 aliphatic carbocycles. The van der Waals surface area contributed by atoms with Gasteiger partial charge in [-0.25, -0.2) is 4.68 Å². The molecule has 0 radical (unpaired) electrons. The maximum atomic E-state index is 4.56. The molecule has 1 aromatic heterocycles. The van der Waals surface area contributed by atoms with Gasteiger partial charge < -0.3 is 0 Å². The van der Waals surface area contributed by atoms with Crippen LogP contribution in [0.15, 0.2) is 0 Å². The molecule has 4 heteroatoms. The highest BCUT2D eigenvalue weighted by molar-refractivity contribution is 5.13. The third-order valence-electron chi connectivity index (χ3n) is 7.98. The number of fused-ring (bicyclic) bond motifs is 1. The van der Waals surface area contributed by atoms with Crippen molar-refractivity contribution in [3.8, 4) is 0 Å². The minimum Gasteiger partial charge on any atom is -0.284 e. The van der Waals surface area contributed by atoms with E-state index in [1.54, 1.807) is 0 Å². The third kappa shape index (κ3) is 14.4. The first-order chi connectivity index (χ1) is 17.3. The van der Waals surface area contributed by atoms with Crippen molar-refractivity contribution in [2.24, 2.45) is 0 Å². The summed E-state index contributed by atoms with van der Waals surface area (Å²) >= 11 is 0. The highest BCUT2D eigenvalue weighted by Gasteiger charge is 2.18. The Morgan fingerprint density at radius 1 is 0.571 bits per heavy atom. The Bertz CT molecular complexity index is 573. The van der Waals surface area contributed by atoms with Gasteiger partial charge in [0.15, 0.2) is 0 Å². The fourth-order valence-corrected chi connectivity index (χ4v) is 5.62. The molecule has 0 fully saturated rings. The molecule has 1 heterocycles. The lowest BCUT2D eigenvalue weighted by atomic mass is 10.0. The Morgan fingerprint density at radius 3 is 1.49 bits per heavy atom.